The molecule has 1 aromatic carbocycles. The number of aliphatic hydroxyl groups is 1. The predicted molar refractivity (Wildman–Crippen MR) is 66.7 cm³/mol. The molecule has 1 aromatic heterocycles. The number of hydrogen-bond donors (Lipinski definition) is 1. The largest absolute Gasteiger partial charge is 0.395 e. The first-order valence-electron chi connectivity index (χ1n) is 5.94. The van der Waals surface area contributed by atoms with Gasteiger partial charge in [-0.15, -0.1) is 0 Å². The highest BCUT2D eigenvalue weighted by atomic mass is 16.5. The lowest BCUT2D eigenvalue weighted by Gasteiger charge is -2.19. The second-order valence-electron chi connectivity index (χ2n) is 4.15. The van der Waals surface area contributed by atoms with E-state index in [1.807, 2.05) is 18.2 Å². The van der Waals surface area contributed by atoms with Crippen molar-refractivity contribution in [3.63, 3.8) is 0 Å². The van der Waals surface area contributed by atoms with Crippen molar-refractivity contribution >= 4 is 0 Å². The van der Waals surface area contributed by atoms with E-state index >= 15 is 0 Å². The molecule has 0 fully saturated rings. The van der Waals surface area contributed by atoms with Crippen LogP contribution in [0.3, 0.4) is 0 Å². The second kappa shape index (κ2) is 6.28. The summed E-state index contributed by atoms with van der Waals surface area (Å²) in [5.41, 5.74) is 1.20. The molecule has 0 aliphatic carbocycles. The molecule has 0 atom stereocenters. The molecule has 0 bridgehead atoms. The van der Waals surface area contributed by atoms with Gasteiger partial charge in [0.1, 0.15) is 0 Å². The Bertz CT molecular complexity index is 470. The Morgan fingerprint density at radius 3 is 2.61 bits per heavy atom. The first-order chi connectivity index (χ1) is 8.78. The van der Waals surface area contributed by atoms with Gasteiger partial charge in [0.25, 0.3) is 0 Å². The van der Waals surface area contributed by atoms with E-state index in [2.05, 4.69) is 27.2 Å². The van der Waals surface area contributed by atoms with Crippen LogP contribution in [0.4, 0.5) is 0 Å². The van der Waals surface area contributed by atoms with Crippen molar-refractivity contribution < 1.29 is 9.63 Å². The van der Waals surface area contributed by atoms with Crippen LogP contribution in [0.2, 0.25) is 0 Å². The molecule has 0 saturated heterocycles. The second-order valence-corrected chi connectivity index (χ2v) is 4.15. The SMILES string of the molecule is Cc1nc(CN(CCO)Cc2ccccc2)no1. The number of aromatic nitrogens is 2. The molecular weight excluding hydrogens is 230 g/mol. The summed E-state index contributed by atoms with van der Waals surface area (Å²) in [6.07, 6.45) is 0. The number of aryl methyl sites for hydroxylation is 1. The van der Waals surface area contributed by atoms with Crippen molar-refractivity contribution in [2.45, 2.75) is 20.0 Å². The molecule has 96 valence electrons. The monoisotopic (exact) mass is 247 g/mol. The minimum Gasteiger partial charge on any atom is -0.395 e. The van der Waals surface area contributed by atoms with Gasteiger partial charge in [0.2, 0.25) is 5.89 Å². The molecule has 0 unspecified atom stereocenters. The van der Waals surface area contributed by atoms with Gasteiger partial charge in [-0.05, 0) is 5.56 Å². The Hall–Kier alpha value is -1.72. The fraction of sp³-hybridized carbons (Fsp3) is 0.385. The maximum atomic E-state index is 9.09. The summed E-state index contributed by atoms with van der Waals surface area (Å²) in [7, 11) is 0. The number of benzene rings is 1. The first-order valence-corrected chi connectivity index (χ1v) is 5.94. The third kappa shape index (κ3) is 3.65. The maximum Gasteiger partial charge on any atom is 0.223 e. The van der Waals surface area contributed by atoms with Gasteiger partial charge < -0.3 is 9.63 Å². The molecule has 2 rings (SSSR count). The molecule has 1 heterocycles. The number of aliphatic hydroxyl groups excluding tert-OH is 1. The molecule has 0 radical (unpaired) electrons. The Morgan fingerprint density at radius 1 is 1.22 bits per heavy atom. The van der Waals surface area contributed by atoms with Gasteiger partial charge >= 0.3 is 0 Å². The fourth-order valence-corrected chi connectivity index (χ4v) is 1.80. The van der Waals surface area contributed by atoms with Crippen LogP contribution in [0.1, 0.15) is 17.3 Å². The van der Waals surface area contributed by atoms with E-state index < -0.39 is 0 Å². The van der Waals surface area contributed by atoms with Crippen LogP contribution < -0.4 is 0 Å². The summed E-state index contributed by atoms with van der Waals surface area (Å²) in [5, 5.41) is 13.0. The van der Waals surface area contributed by atoms with Crippen LogP contribution in [0.5, 0.6) is 0 Å². The van der Waals surface area contributed by atoms with Crippen molar-refractivity contribution in [3.8, 4) is 0 Å². The topological polar surface area (TPSA) is 62.4 Å². The molecular formula is C13H17N3O2. The fourth-order valence-electron chi connectivity index (χ4n) is 1.80. The first kappa shape index (κ1) is 12.7. The highest BCUT2D eigenvalue weighted by molar-refractivity contribution is 5.14. The van der Waals surface area contributed by atoms with Crippen molar-refractivity contribution in [2.24, 2.45) is 0 Å². The smallest absolute Gasteiger partial charge is 0.223 e. The summed E-state index contributed by atoms with van der Waals surface area (Å²) in [5.74, 6) is 1.21. The summed E-state index contributed by atoms with van der Waals surface area (Å²) >= 11 is 0. The summed E-state index contributed by atoms with van der Waals surface area (Å²) in [6.45, 7) is 3.80. The predicted octanol–water partition coefficient (Wildman–Crippen LogP) is 1.37. The van der Waals surface area contributed by atoms with E-state index in [-0.39, 0.29) is 6.61 Å². The number of nitrogens with zero attached hydrogens (tertiary/aromatic N) is 3. The van der Waals surface area contributed by atoms with Crippen molar-refractivity contribution in [3.05, 3.63) is 47.6 Å². The van der Waals surface area contributed by atoms with E-state index in [1.165, 1.54) is 5.56 Å². The zero-order valence-corrected chi connectivity index (χ0v) is 10.4. The van der Waals surface area contributed by atoms with Gasteiger partial charge in [-0.1, -0.05) is 35.5 Å². The van der Waals surface area contributed by atoms with Gasteiger partial charge in [-0.2, -0.15) is 4.98 Å². The average Bonchev–Trinajstić information content (AvgIpc) is 2.76. The maximum absolute atomic E-state index is 9.09. The lowest BCUT2D eigenvalue weighted by Crippen LogP contribution is -2.26. The van der Waals surface area contributed by atoms with E-state index in [4.69, 9.17) is 9.63 Å². The van der Waals surface area contributed by atoms with Crippen molar-refractivity contribution in [1.82, 2.24) is 15.0 Å². The van der Waals surface area contributed by atoms with Crippen LogP contribution in [-0.2, 0) is 13.1 Å². The van der Waals surface area contributed by atoms with Gasteiger partial charge in [0.05, 0.1) is 13.2 Å². The van der Waals surface area contributed by atoms with E-state index in [9.17, 15) is 0 Å². The lowest BCUT2D eigenvalue weighted by molar-refractivity contribution is 0.179. The van der Waals surface area contributed by atoms with Crippen LogP contribution in [-0.4, -0.2) is 33.3 Å². The molecule has 5 heteroatoms. The van der Waals surface area contributed by atoms with Crippen LogP contribution in [0.15, 0.2) is 34.9 Å². The van der Waals surface area contributed by atoms with Crippen molar-refractivity contribution in [1.29, 1.82) is 0 Å². The minimum atomic E-state index is 0.115. The molecule has 5 nitrogen and oxygen atoms in total. The molecule has 1 N–H and O–H groups in total. The molecule has 0 saturated carbocycles. The zero-order valence-electron chi connectivity index (χ0n) is 10.4. The Morgan fingerprint density at radius 2 is 2.00 bits per heavy atom. The lowest BCUT2D eigenvalue weighted by atomic mass is 10.2. The van der Waals surface area contributed by atoms with Gasteiger partial charge in [-0.3, -0.25) is 4.90 Å². The zero-order chi connectivity index (χ0) is 12.8. The summed E-state index contributed by atoms with van der Waals surface area (Å²) in [4.78, 5) is 6.26. The molecule has 0 aliphatic rings. The van der Waals surface area contributed by atoms with E-state index in [0.717, 1.165) is 6.54 Å². The molecule has 0 spiro atoms. The Balaban J connectivity index is 1.99. The average molecular weight is 247 g/mol. The van der Waals surface area contributed by atoms with Gasteiger partial charge in [0.15, 0.2) is 5.82 Å². The third-order valence-corrected chi connectivity index (χ3v) is 2.60. The molecule has 0 aliphatic heterocycles. The van der Waals surface area contributed by atoms with Crippen LogP contribution in [0, 0.1) is 6.92 Å². The van der Waals surface area contributed by atoms with Crippen LogP contribution in [0.25, 0.3) is 0 Å². The quantitative estimate of drug-likeness (QED) is 0.835. The van der Waals surface area contributed by atoms with E-state index in [0.29, 0.717) is 24.8 Å². The van der Waals surface area contributed by atoms with Crippen LogP contribution >= 0.6 is 0 Å². The molecule has 0 amide bonds. The third-order valence-electron chi connectivity index (χ3n) is 2.60. The standard InChI is InChI=1S/C13H17N3O2/c1-11-14-13(15-18-11)10-16(7-8-17)9-12-5-3-2-4-6-12/h2-6,17H,7-10H2,1H3. The molecule has 2 aromatic rings. The van der Waals surface area contributed by atoms with Gasteiger partial charge in [-0.25, -0.2) is 0 Å². The Labute approximate surface area is 106 Å². The highest BCUT2D eigenvalue weighted by Crippen LogP contribution is 2.07. The van der Waals surface area contributed by atoms with E-state index in [1.54, 1.807) is 6.92 Å². The van der Waals surface area contributed by atoms with Crippen molar-refractivity contribution in [2.75, 3.05) is 13.2 Å². The number of hydrogen-bond acceptors (Lipinski definition) is 5. The number of rotatable bonds is 6. The minimum absolute atomic E-state index is 0.115. The highest BCUT2D eigenvalue weighted by Gasteiger charge is 2.10. The summed E-state index contributed by atoms with van der Waals surface area (Å²) in [6, 6.07) is 10.1. The summed E-state index contributed by atoms with van der Waals surface area (Å²) < 4.78 is 4.94. The van der Waals surface area contributed by atoms with Gasteiger partial charge in [0, 0.05) is 20.0 Å². The Kier molecular flexibility index (Phi) is 4.44. The normalized spacial score (nSPS) is 11.1. The molecule has 18 heavy (non-hydrogen) atoms.